The van der Waals surface area contributed by atoms with E-state index < -0.39 is 0 Å². The maximum absolute atomic E-state index is 12.1. The van der Waals surface area contributed by atoms with Gasteiger partial charge >= 0.3 is 0 Å². The number of rotatable bonds is 3. The van der Waals surface area contributed by atoms with Gasteiger partial charge in [0.2, 0.25) is 11.8 Å². The van der Waals surface area contributed by atoms with E-state index in [1.165, 1.54) is 32.1 Å². The third-order valence-electron chi connectivity index (χ3n) is 4.48. The van der Waals surface area contributed by atoms with E-state index in [2.05, 4.69) is 10.6 Å². The van der Waals surface area contributed by atoms with Crippen LogP contribution in [0.25, 0.3) is 0 Å². The average Bonchev–Trinajstić information content (AvgIpc) is 2.48. The summed E-state index contributed by atoms with van der Waals surface area (Å²) in [6.45, 7) is 0. The van der Waals surface area contributed by atoms with Crippen LogP contribution in [-0.2, 0) is 16.0 Å². The molecule has 1 saturated carbocycles. The Hall–Kier alpha value is -1.84. The number of nitrogens with one attached hydrogen (secondary N) is 2. The molecular formula is C17H22N2O2. The summed E-state index contributed by atoms with van der Waals surface area (Å²) in [5.41, 5.74) is 2.81. The van der Waals surface area contributed by atoms with E-state index in [9.17, 15) is 9.59 Å². The molecule has 1 aliphatic heterocycles. The SMILES string of the molecule is O=C(CC1CCCCC1)Nc1ccc2c(c1)CCC(=O)N2. The Kier molecular flexibility index (Phi) is 4.23. The van der Waals surface area contributed by atoms with Crippen molar-refractivity contribution in [2.24, 2.45) is 5.92 Å². The van der Waals surface area contributed by atoms with Crippen LogP contribution in [-0.4, -0.2) is 11.8 Å². The highest BCUT2D eigenvalue weighted by molar-refractivity contribution is 5.95. The predicted molar refractivity (Wildman–Crippen MR) is 83.2 cm³/mol. The van der Waals surface area contributed by atoms with E-state index in [1.807, 2.05) is 18.2 Å². The molecule has 0 unspecified atom stereocenters. The quantitative estimate of drug-likeness (QED) is 0.893. The van der Waals surface area contributed by atoms with Crippen LogP contribution in [0.3, 0.4) is 0 Å². The summed E-state index contributed by atoms with van der Waals surface area (Å²) in [6, 6.07) is 5.72. The zero-order valence-corrected chi connectivity index (χ0v) is 12.3. The van der Waals surface area contributed by atoms with E-state index in [4.69, 9.17) is 0 Å². The molecule has 0 radical (unpaired) electrons. The maximum atomic E-state index is 12.1. The first-order chi connectivity index (χ1) is 10.2. The van der Waals surface area contributed by atoms with Crippen LogP contribution in [0.4, 0.5) is 11.4 Å². The molecule has 2 amide bonds. The molecule has 3 rings (SSSR count). The molecule has 1 aromatic rings. The molecule has 0 spiro atoms. The third-order valence-corrected chi connectivity index (χ3v) is 4.48. The number of amides is 2. The summed E-state index contributed by atoms with van der Waals surface area (Å²) in [6.07, 6.45) is 8.10. The lowest BCUT2D eigenvalue weighted by Gasteiger charge is -2.21. The van der Waals surface area contributed by atoms with Gasteiger partial charge in [0, 0.05) is 24.2 Å². The highest BCUT2D eigenvalue weighted by Crippen LogP contribution is 2.28. The number of carbonyl (C=O) groups excluding carboxylic acids is 2. The first kappa shape index (κ1) is 14.1. The number of fused-ring (bicyclic) bond motifs is 1. The van der Waals surface area contributed by atoms with Gasteiger partial charge in [-0.2, -0.15) is 0 Å². The van der Waals surface area contributed by atoms with Crippen LogP contribution in [0.1, 0.15) is 50.5 Å². The van der Waals surface area contributed by atoms with Gasteiger partial charge in [-0.1, -0.05) is 19.3 Å². The smallest absolute Gasteiger partial charge is 0.224 e. The lowest BCUT2D eigenvalue weighted by atomic mass is 9.87. The van der Waals surface area contributed by atoms with Crippen LogP contribution in [0.5, 0.6) is 0 Å². The van der Waals surface area contributed by atoms with Gasteiger partial charge in [0.1, 0.15) is 0 Å². The second-order valence-corrected chi connectivity index (χ2v) is 6.18. The summed E-state index contributed by atoms with van der Waals surface area (Å²) in [5, 5.41) is 5.85. The second-order valence-electron chi connectivity index (χ2n) is 6.18. The topological polar surface area (TPSA) is 58.2 Å². The van der Waals surface area contributed by atoms with Gasteiger partial charge in [0.05, 0.1) is 0 Å². The summed E-state index contributed by atoms with van der Waals surface area (Å²) < 4.78 is 0. The Labute approximate surface area is 125 Å². The van der Waals surface area contributed by atoms with Crippen LogP contribution in [0, 0.1) is 5.92 Å². The first-order valence-corrected chi connectivity index (χ1v) is 7.93. The molecular weight excluding hydrogens is 264 g/mol. The van der Waals surface area contributed by atoms with Crippen molar-refractivity contribution in [3.05, 3.63) is 23.8 Å². The fourth-order valence-corrected chi connectivity index (χ4v) is 3.33. The number of aryl methyl sites for hydroxylation is 1. The van der Waals surface area contributed by atoms with Gasteiger partial charge in [-0.3, -0.25) is 9.59 Å². The van der Waals surface area contributed by atoms with Crippen LogP contribution in [0.2, 0.25) is 0 Å². The molecule has 112 valence electrons. The molecule has 0 atom stereocenters. The summed E-state index contributed by atoms with van der Waals surface area (Å²) in [5.74, 6) is 0.731. The average molecular weight is 286 g/mol. The van der Waals surface area contributed by atoms with Crippen LogP contribution < -0.4 is 10.6 Å². The normalized spacial score (nSPS) is 18.8. The molecule has 2 aliphatic rings. The summed E-state index contributed by atoms with van der Waals surface area (Å²) in [4.78, 5) is 23.4. The zero-order chi connectivity index (χ0) is 14.7. The van der Waals surface area contributed by atoms with Gasteiger partial charge in [-0.05, 0) is 48.9 Å². The Morgan fingerprint density at radius 2 is 2.00 bits per heavy atom. The van der Waals surface area contributed by atoms with Crippen molar-refractivity contribution in [3.8, 4) is 0 Å². The Morgan fingerprint density at radius 1 is 1.19 bits per heavy atom. The lowest BCUT2D eigenvalue weighted by molar-refractivity contribution is -0.117. The van der Waals surface area contributed by atoms with Gasteiger partial charge in [-0.15, -0.1) is 0 Å². The molecule has 0 bridgehead atoms. The van der Waals surface area contributed by atoms with E-state index >= 15 is 0 Å². The second kappa shape index (κ2) is 6.29. The monoisotopic (exact) mass is 286 g/mol. The molecule has 1 heterocycles. The highest BCUT2D eigenvalue weighted by atomic mass is 16.2. The minimum absolute atomic E-state index is 0.0663. The number of benzene rings is 1. The Balaban J connectivity index is 1.59. The standard InChI is InChI=1S/C17H22N2O2/c20-16-9-6-13-11-14(7-8-15(13)19-16)18-17(21)10-12-4-2-1-3-5-12/h7-8,11-12H,1-6,9-10H2,(H,18,21)(H,19,20). The Morgan fingerprint density at radius 3 is 2.81 bits per heavy atom. The molecule has 1 aromatic carbocycles. The highest BCUT2D eigenvalue weighted by Gasteiger charge is 2.18. The fraction of sp³-hybridized carbons (Fsp3) is 0.529. The van der Waals surface area contributed by atoms with Crippen molar-refractivity contribution in [2.75, 3.05) is 10.6 Å². The fourth-order valence-electron chi connectivity index (χ4n) is 3.33. The molecule has 0 saturated heterocycles. The van der Waals surface area contributed by atoms with Crippen molar-refractivity contribution in [1.29, 1.82) is 0 Å². The number of hydrogen-bond acceptors (Lipinski definition) is 2. The van der Waals surface area contributed by atoms with Crippen LogP contribution >= 0.6 is 0 Å². The van der Waals surface area contributed by atoms with Crippen LogP contribution in [0.15, 0.2) is 18.2 Å². The minimum Gasteiger partial charge on any atom is -0.326 e. The molecule has 4 nitrogen and oxygen atoms in total. The van der Waals surface area contributed by atoms with E-state index in [0.29, 0.717) is 18.8 Å². The zero-order valence-electron chi connectivity index (χ0n) is 12.3. The van der Waals surface area contributed by atoms with Crippen molar-refractivity contribution < 1.29 is 9.59 Å². The maximum Gasteiger partial charge on any atom is 0.224 e. The minimum atomic E-state index is 0.0663. The Bertz CT molecular complexity index is 548. The summed E-state index contributed by atoms with van der Waals surface area (Å²) >= 11 is 0. The molecule has 2 N–H and O–H groups in total. The molecule has 0 aromatic heterocycles. The molecule has 4 heteroatoms. The van der Waals surface area contributed by atoms with Gasteiger partial charge in [0.15, 0.2) is 0 Å². The molecule has 1 fully saturated rings. The van der Waals surface area contributed by atoms with Crippen molar-refractivity contribution in [1.82, 2.24) is 0 Å². The van der Waals surface area contributed by atoms with E-state index in [-0.39, 0.29) is 11.8 Å². The van der Waals surface area contributed by atoms with Gasteiger partial charge in [0.25, 0.3) is 0 Å². The molecule has 1 aliphatic carbocycles. The number of hydrogen-bond donors (Lipinski definition) is 2. The predicted octanol–water partition coefficient (Wildman–Crippen LogP) is 3.48. The number of anilines is 2. The van der Waals surface area contributed by atoms with E-state index in [1.54, 1.807) is 0 Å². The van der Waals surface area contributed by atoms with Gasteiger partial charge < -0.3 is 10.6 Å². The number of carbonyl (C=O) groups is 2. The first-order valence-electron chi connectivity index (χ1n) is 7.93. The van der Waals surface area contributed by atoms with Crippen molar-refractivity contribution in [2.45, 2.75) is 51.4 Å². The summed E-state index contributed by atoms with van der Waals surface area (Å²) in [7, 11) is 0. The third kappa shape index (κ3) is 3.63. The lowest BCUT2D eigenvalue weighted by Crippen LogP contribution is -2.20. The van der Waals surface area contributed by atoms with E-state index in [0.717, 1.165) is 23.4 Å². The largest absolute Gasteiger partial charge is 0.326 e. The van der Waals surface area contributed by atoms with Gasteiger partial charge in [-0.25, -0.2) is 0 Å². The van der Waals surface area contributed by atoms with Crippen molar-refractivity contribution >= 4 is 23.2 Å². The van der Waals surface area contributed by atoms with Crippen molar-refractivity contribution in [3.63, 3.8) is 0 Å². The molecule has 21 heavy (non-hydrogen) atoms.